The Labute approximate surface area is 577 Å². The first kappa shape index (κ1) is 60.2. The molecule has 0 spiro atoms. The zero-order chi connectivity index (χ0) is 67.4. The molecule has 3 aliphatic carbocycles. The first-order valence-corrected chi connectivity index (χ1v) is 33.8. The molecule has 4 nitrogen and oxygen atoms in total. The molecule has 0 N–H and O–H groups in total. The first-order chi connectivity index (χ1) is 49.0. The Morgan fingerprint density at radius 3 is 1.37 bits per heavy atom. The Morgan fingerprint density at radius 2 is 0.830 bits per heavy atom. The third-order valence-corrected chi connectivity index (χ3v) is 20.7. The SMILES string of the molecule is C/C=C/c1ccc(Oc2ccc(C3(c4cc(F)cc(F)c4)c4ccccc4-c4ccc(N5c6ccccc6C6=CC(c7ccc8c(c7)c7ccccc7n8-c7ccc8c(c7)C(c7ccc(Oc9ccc(/C=C/C)cc9)cc7)(c7cc(F)cc(F)c7)c7ccccc7-8)=CCC65)cc43)cc2)cc1. The molecule has 4 aliphatic rings. The lowest BCUT2D eigenvalue weighted by molar-refractivity contribution is 0.482. The molecule has 2 heterocycles. The molecule has 3 unspecified atom stereocenters. The summed E-state index contributed by atoms with van der Waals surface area (Å²) in [6.07, 6.45) is 13.5. The second kappa shape index (κ2) is 23.8. The number of aromatic nitrogens is 1. The predicted molar refractivity (Wildman–Crippen MR) is 397 cm³/mol. The highest BCUT2D eigenvalue weighted by Gasteiger charge is 2.49. The minimum Gasteiger partial charge on any atom is -0.457 e. The normalized spacial score (nSPS) is 17.1. The van der Waals surface area contributed by atoms with Gasteiger partial charge in [0.15, 0.2) is 0 Å². The van der Waals surface area contributed by atoms with Crippen LogP contribution in [0.4, 0.5) is 28.9 Å². The smallest absolute Gasteiger partial charge is 0.127 e. The van der Waals surface area contributed by atoms with Gasteiger partial charge in [-0.05, 0) is 242 Å². The van der Waals surface area contributed by atoms with Crippen LogP contribution in [-0.4, -0.2) is 10.6 Å². The molecule has 13 aromatic carbocycles. The van der Waals surface area contributed by atoms with Crippen molar-refractivity contribution in [2.75, 3.05) is 4.90 Å². The lowest BCUT2D eigenvalue weighted by atomic mass is 9.67. The van der Waals surface area contributed by atoms with Gasteiger partial charge in [0.1, 0.15) is 46.3 Å². The largest absolute Gasteiger partial charge is 0.457 e. The van der Waals surface area contributed by atoms with Crippen LogP contribution >= 0.6 is 0 Å². The number of rotatable bonds is 13. The van der Waals surface area contributed by atoms with Crippen LogP contribution in [0, 0.1) is 23.3 Å². The zero-order valence-electron chi connectivity index (χ0n) is 54.6. The fraction of sp³-hybridized carbons (Fsp3) is 0.0652. The average molecular weight is 1300 g/mol. The number of benzene rings is 13. The fourth-order valence-electron chi connectivity index (χ4n) is 16.7. The van der Waals surface area contributed by atoms with Gasteiger partial charge in [0.05, 0.1) is 27.9 Å². The van der Waals surface area contributed by atoms with Crippen LogP contribution in [0.15, 0.2) is 309 Å². The van der Waals surface area contributed by atoms with Gasteiger partial charge in [-0.3, -0.25) is 0 Å². The van der Waals surface area contributed by atoms with E-state index >= 15 is 17.6 Å². The van der Waals surface area contributed by atoms with Crippen LogP contribution in [0.1, 0.15) is 87.0 Å². The van der Waals surface area contributed by atoms with Crippen molar-refractivity contribution in [3.8, 4) is 50.9 Å². The van der Waals surface area contributed by atoms with E-state index in [-0.39, 0.29) is 6.04 Å². The quantitative estimate of drug-likeness (QED) is 0.108. The van der Waals surface area contributed by atoms with Crippen LogP contribution in [0.2, 0.25) is 0 Å². The summed E-state index contributed by atoms with van der Waals surface area (Å²) in [5.41, 5.74) is 19.6. The number of para-hydroxylation sites is 2. The van der Waals surface area contributed by atoms with Crippen LogP contribution in [0.3, 0.4) is 0 Å². The third-order valence-electron chi connectivity index (χ3n) is 20.7. The van der Waals surface area contributed by atoms with Gasteiger partial charge in [-0.15, -0.1) is 0 Å². The Hall–Kier alpha value is -12.3. The number of hydrogen-bond acceptors (Lipinski definition) is 3. The summed E-state index contributed by atoms with van der Waals surface area (Å²) in [5.74, 6) is 0.0291. The fourth-order valence-corrected chi connectivity index (χ4v) is 16.7. The van der Waals surface area contributed by atoms with Gasteiger partial charge in [0, 0.05) is 45.5 Å². The minimum absolute atomic E-state index is 0.0717. The van der Waals surface area contributed by atoms with E-state index in [1.165, 1.54) is 29.8 Å². The first-order valence-electron chi connectivity index (χ1n) is 33.8. The maximum absolute atomic E-state index is 15.9. The predicted octanol–water partition coefficient (Wildman–Crippen LogP) is 24.1. The molecule has 18 rings (SSSR count). The number of ether oxygens (including phenoxy) is 2. The molecular formula is C92H62F4N2O2. The Balaban J connectivity index is 0.718. The molecular weight excluding hydrogens is 1240 g/mol. The Morgan fingerprint density at radius 1 is 0.380 bits per heavy atom. The lowest BCUT2D eigenvalue weighted by Gasteiger charge is -2.35. The van der Waals surface area contributed by atoms with Crippen LogP contribution in [0.5, 0.6) is 23.0 Å². The molecule has 480 valence electrons. The van der Waals surface area contributed by atoms with Crippen molar-refractivity contribution >= 4 is 56.5 Å². The summed E-state index contributed by atoms with van der Waals surface area (Å²) in [5, 5.41) is 2.16. The van der Waals surface area contributed by atoms with Crippen LogP contribution in [0.25, 0.3) is 73.0 Å². The second-order valence-electron chi connectivity index (χ2n) is 26.2. The molecule has 0 fully saturated rings. The summed E-state index contributed by atoms with van der Waals surface area (Å²) >= 11 is 0. The number of hydrogen-bond donors (Lipinski definition) is 0. The van der Waals surface area contributed by atoms with E-state index in [9.17, 15) is 0 Å². The summed E-state index contributed by atoms with van der Waals surface area (Å²) in [6.45, 7) is 3.98. The van der Waals surface area contributed by atoms with Gasteiger partial charge in [0.2, 0.25) is 0 Å². The Kier molecular flexibility index (Phi) is 14.3. The molecule has 0 bridgehead atoms. The molecule has 1 aromatic heterocycles. The number of allylic oxidation sites excluding steroid dienone is 4. The Bertz CT molecular complexity index is 5740. The summed E-state index contributed by atoms with van der Waals surface area (Å²) in [7, 11) is 0. The second-order valence-corrected chi connectivity index (χ2v) is 26.2. The van der Waals surface area contributed by atoms with Crippen molar-refractivity contribution in [2.45, 2.75) is 37.1 Å². The molecule has 0 radical (unpaired) electrons. The minimum atomic E-state index is -1.14. The van der Waals surface area contributed by atoms with Crippen LogP contribution < -0.4 is 14.4 Å². The average Bonchev–Trinajstić information content (AvgIpc) is 1.52. The zero-order valence-corrected chi connectivity index (χ0v) is 54.6. The van der Waals surface area contributed by atoms with E-state index in [4.69, 9.17) is 9.47 Å². The highest BCUT2D eigenvalue weighted by atomic mass is 19.1. The van der Waals surface area contributed by atoms with E-state index in [1.54, 1.807) is 0 Å². The standard InChI is InChI=1S/C92H62F4N2O2/c1-3-13-57-23-35-71(36-24-57)99-73-39-29-61(30-40-73)91(63-49-65(93)53-66(94)50-63)83-19-9-5-15-75(83)77-43-33-69(55-85(77)91)97-87-21-11-7-17-79(87)81-47-59(27-45-89(81)97)60-28-46-90-82(48-60)80-18-8-12-22-88(80)98(90)70-34-44-78-76-16-6-10-20-84(76)92(86(78)56-70,64-51-67(95)54-68(96)52-64)62-31-41-74(42-32-62)100-72-37-25-58(14-4-2)26-38-72/h3-45,47-56,90H,46H2,1-2H3/b13-3+,14-4+. The summed E-state index contributed by atoms with van der Waals surface area (Å²) in [6, 6.07) is 92.8. The number of fused-ring (bicyclic) bond motifs is 12. The molecule has 8 heteroatoms. The van der Waals surface area contributed by atoms with E-state index < -0.39 is 34.1 Å². The maximum atomic E-state index is 15.9. The van der Waals surface area contributed by atoms with Crippen molar-refractivity contribution < 1.29 is 27.0 Å². The van der Waals surface area contributed by atoms with E-state index in [0.717, 1.165) is 134 Å². The summed E-state index contributed by atoms with van der Waals surface area (Å²) in [4.78, 5) is 2.44. The van der Waals surface area contributed by atoms with Crippen molar-refractivity contribution in [3.63, 3.8) is 0 Å². The number of anilines is 2. The van der Waals surface area contributed by atoms with Crippen molar-refractivity contribution in [1.82, 2.24) is 4.57 Å². The topological polar surface area (TPSA) is 26.6 Å². The van der Waals surface area contributed by atoms with Crippen molar-refractivity contribution in [1.29, 1.82) is 0 Å². The molecule has 0 amide bonds. The number of nitrogens with zero attached hydrogens (tertiary/aromatic N) is 2. The van der Waals surface area contributed by atoms with Gasteiger partial charge in [-0.25, -0.2) is 17.6 Å². The monoisotopic (exact) mass is 1300 g/mol. The van der Waals surface area contributed by atoms with E-state index in [2.05, 4.69) is 149 Å². The van der Waals surface area contributed by atoms with Gasteiger partial charge < -0.3 is 18.9 Å². The molecule has 1 aliphatic heterocycles. The highest BCUT2D eigenvalue weighted by molar-refractivity contribution is 6.11. The van der Waals surface area contributed by atoms with Gasteiger partial charge in [-0.1, -0.05) is 182 Å². The van der Waals surface area contributed by atoms with E-state index in [0.29, 0.717) is 40.5 Å². The van der Waals surface area contributed by atoms with Gasteiger partial charge in [-0.2, -0.15) is 0 Å². The summed E-state index contributed by atoms with van der Waals surface area (Å²) < 4.78 is 78.8. The van der Waals surface area contributed by atoms with Crippen LogP contribution in [-0.2, 0) is 10.8 Å². The highest BCUT2D eigenvalue weighted by Crippen LogP contribution is 2.60. The molecule has 100 heavy (non-hydrogen) atoms. The third kappa shape index (κ3) is 9.56. The van der Waals surface area contributed by atoms with Gasteiger partial charge in [0.25, 0.3) is 0 Å². The molecule has 0 saturated carbocycles. The maximum Gasteiger partial charge on any atom is 0.127 e. The number of halogens is 4. The molecule has 0 saturated heterocycles. The lowest BCUT2D eigenvalue weighted by Crippen LogP contribution is -2.30. The van der Waals surface area contributed by atoms with E-state index in [1.807, 2.05) is 159 Å². The van der Waals surface area contributed by atoms with Gasteiger partial charge >= 0.3 is 0 Å². The molecule has 3 atom stereocenters. The van der Waals surface area contributed by atoms with Crippen molar-refractivity contribution in [3.05, 3.63) is 399 Å². The molecule has 14 aromatic rings. The van der Waals surface area contributed by atoms with Crippen molar-refractivity contribution in [2.24, 2.45) is 0 Å².